The maximum Gasteiger partial charge on any atom is 0.415 e. The molecule has 0 aromatic heterocycles. The van der Waals surface area contributed by atoms with Gasteiger partial charge in [0.25, 0.3) is 0 Å². The van der Waals surface area contributed by atoms with Crippen molar-refractivity contribution in [2.45, 2.75) is 0 Å². The van der Waals surface area contributed by atoms with Gasteiger partial charge in [0, 0.05) is 7.11 Å². The summed E-state index contributed by atoms with van der Waals surface area (Å²) in [6, 6.07) is 0. The van der Waals surface area contributed by atoms with Crippen molar-refractivity contribution in [3.8, 4) is 0 Å². The lowest BCUT2D eigenvalue weighted by Crippen LogP contribution is -2.18. The average Bonchev–Trinajstić information content (AvgIpc) is 1.68. The van der Waals surface area contributed by atoms with E-state index in [4.69, 9.17) is 4.89 Å². The second-order valence-electron chi connectivity index (χ2n) is 0.832. The van der Waals surface area contributed by atoms with Gasteiger partial charge >= 0.3 is 7.75 Å². The Hall–Kier alpha value is 0.0700. The van der Waals surface area contributed by atoms with Crippen LogP contribution < -0.4 is 11.0 Å². The zero-order valence-electron chi connectivity index (χ0n) is 3.79. The van der Waals surface area contributed by atoms with Crippen LogP contribution in [0.3, 0.4) is 0 Å². The Bertz CT molecular complexity index is 84.9. The summed E-state index contributed by atoms with van der Waals surface area (Å²) in [6.07, 6.45) is 0. The first-order valence-corrected chi connectivity index (χ1v) is 3.06. The molecule has 0 aliphatic heterocycles. The Kier molecular flexibility index (Phi) is 2.42. The maximum absolute atomic E-state index is 10.0. The van der Waals surface area contributed by atoms with Crippen LogP contribution in [0, 0.1) is 0 Å². The van der Waals surface area contributed by atoms with E-state index in [0.29, 0.717) is 0 Å². The van der Waals surface area contributed by atoms with Crippen LogP contribution in [-0.2, 0) is 9.09 Å². The van der Waals surface area contributed by atoms with Crippen molar-refractivity contribution in [3.05, 3.63) is 0 Å². The van der Waals surface area contributed by atoms with Crippen LogP contribution in [0.15, 0.2) is 0 Å². The van der Waals surface area contributed by atoms with Crippen LogP contribution in [0.4, 0.5) is 0 Å². The molecule has 1 atom stereocenters. The van der Waals surface area contributed by atoms with Gasteiger partial charge in [-0.25, -0.2) is 4.57 Å². The molecule has 0 aliphatic rings. The van der Waals surface area contributed by atoms with Gasteiger partial charge in [-0.1, -0.05) is 0 Å². The third-order valence-electron chi connectivity index (χ3n) is 0.411. The molecule has 0 spiro atoms. The Morgan fingerprint density at radius 3 is 2.43 bits per heavy atom. The molecule has 0 aliphatic carbocycles. The highest BCUT2D eigenvalue weighted by Crippen LogP contribution is 2.32. The van der Waals surface area contributed by atoms with E-state index in [2.05, 4.69) is 10.4 Å². The number of hydrazine groups is 1. The van der Waals surface area contributed by atoms with E-state index in [1.165, 1.54) is 0 Å². The highest BCUT2D eigenvalue weighted by atomic mass is 31.2. The second kappa shape index (κ2) is 2.40. The summed E-state index contributed by atoms with van der Waals surface area (Å²) in [5.41, 5.74) is 0. The van der Waals surface area contributed by atoms with Crippen LogP contribution in [0.1, 0.15) is 0 Å². The summed E-state index contributed by atoms with van der Waals surface area (Å²) in [5.74, 6) is 4.53. The lowest BCUT2D eigenvalue weighted by Gasteiger charge is -2.02. The lowest BCUT2D eigenvalue weighted by atomic mass is 11.8. The molecule has 5 nitrogen and oxygen atoms in total. The number of hydrogen-bond acceptors (Lipinski definition) is 3. The van der Waals surface area contributed by atoms with Crippen LogP contribution in [0.25, 0.3) is 0 Å². The van der Waals surface area contributed by atoms with Crippen molar-refractivity contribution < 1.29 is 14.0 Å². The number of hydrogen-bond donors (Lipinski definition) is 3. The van der Waals surface area contributed by atoms with Gasteiger partial charge in [0.05, 0.1) is 0 Å². The van der Waals surface area contributed by atoms with E-state index >= 15 is 0 Å². The molecule has 1 unspecified atom stereocenters. The van der Waals surface area contributed by atoms with Crippen LogP contribution in [0.5, 0.6) is 0 Å². The molecule has 4 N–H and O–H groups in total. The summed E-state index contributed by atoms with van der Waals surface area (Å²) in [4.78, 5) is 8.23. The Morgan fingerprint density at radius 1 is 2.00 bits per heavy atom. The van der Waals surface area contributed by atoms with E-state index in [9.17, 15) is 4.57 Å². The zero-order valence-corrected chi connectivity index (χ0v) is 4.68. The Labute approximate surface area is 41.0 Å². The predicted octanol–water partition coefficient (Wildman–Crippen LogP) is -0.804. The number of nitrogens with one attached hydrogen (secondary N) is 1. The molecule has 0 rings (SSSR count). The predicted molar refractivity (Wildman–Crippen MR) is 24.2 cm³/mol. The first-order chi connectivity index (χ1) is 3.12. The van der Waals surface area contributed by atoms with Crippen molar-refractivity contribution in [2.24, 2.45) is 5.84 Å². The first-order valence-electron chi connectivity index (χ1n) is 1.49. The Morgan fingerprint density at radius 2 is 2.43 bits per heavy atom. The smallest absolute Gasteiger partial charge is 0.312 e. The monoisotopic (exact) mass is 126 g/mol. The molecule has 7 heavy (non-hydrogen) atoms. The molecule has 0 radical (unpaired) electrons. The molecule has 0 amide bonds. The average molecular weight is 126 g/mol. The van der Waals surface area contributed by atoms with Gasteiger partial charge in [0.2, 0.25) is 0 Å². The van der Waals surface area contributed by atoms with Crippen LogP contribution in [-0.4, -0.2) is 12.0 Å². The highest BCUT2D eigenvalue weighted by molar-refractivity contribution is 7.50. The van der Waals surface area contributed by atoms with Gasteiger partial charge in [0.1, 0.15) is 0 Å². The van der Waals surface area contributed by atoms with E-state index in [1.54, 1.807) is 5.20 Å². The van der Waals surface area contributed by atoms with Crippen molar-refractivity contribution >= 4 is 7.75 Å². The lowest BCUT2D eigenvalue weighted by molar-refractivity contribution is 0.303. The third kappa shape index (κ3) is 2.73. The normalized spacial score (nSPS) is 18.7. The van der Waals surface area contributed by atoms with Gasteiger partial charge in [0.15, 0.2) is 0 Å². The molecular formula is CH7N2O3P. The molecule has 0 fully saturated rings. The maximum atomic E-state index is 10.0. The highest BCUT2D eigenvalue weighted by Gasteiger charge is 2.11. The molecular weight excluding hydrogens is 119 g/mol. The molecule has 0 aromatic rings. The summed E-state index contributed by atoms with van der Waals surface area (Å²) in [6.45, 7) is 0. The van der Waals surface area contributed by atoms with E-state index in [1.807, 2.05) is 0 Å². The van der Waals surface area contributed by atoms with E-state index in [0.717, 1.165) is 7.11 Å². The molecule has 0 aromatic carbocycles. The fourth-order valence-electron chi connectivity index (χ4n) is 0.0527. The van der Waals surface area contributed by atoms with Crippen molar-refractivity contribution in [1.29, 1.82) is 0 Å². The largest absolute Gasteiger partial charge is 0.415 e. The number of rotatable bonds is 2. The fraction of sp³-hybridized carbons (Fsp3) is 1.00. The topological polar surface area (TPSA) is 84.6 Å². The summed E-state index contributed by atoms with van der Waals surface area (Å²) < 4.78 is 14.0. The minimum Gasteiger partial charge on any atom is -0.312 e. The van der Waals surface area contributed by atoms with Crippen molar-refractivity contribution in [3.63, 3.8) is 0 Å². The van der Waals surface area contributed by atoms with E-state index < -0.39 is 7.75 Å². The quantitative estimate of drug-likeness (QED) is 0.256. The van der Waals surface area contributed by atoms with Crippen LogP contribution in [0.2, 0.25) is 0 Å². The van der Waals surface area contributed by atoms with Gasteiger partial charge in [-0.15, -0.1) is 0 Å². The van der Waals surface area contributed by atoms with Crippen molar-refractivity contribution in [1.82, 2.24) is 5.20 Å². The summed E-state index contributed by atoms with van der Waals surface area (Å²) in [7, 11) is -2.54. The summed E-state index contributed by atoms with van der Waals surface area (Å²) in [5, 5.41) is 1.58. The molecule has 0 saturated heterocycles. The molecule has 44 valence electrons. The van der Waals surface area contributed by atoms with Gasteiger partial charge < -0.3 is 4.89 Å². The van der Waals surface area contributed by atoms with Crippen LogP contribution >= 0.6 is 7.75 Å². The van der Waals surface area contributed by atoms with Gasteiger partial charge in [-0.2, -0.15) is 5.20 Å². The van der Waals surface area contributed by atoms with Gasteiger partial charge in [-0.3, -0.25) is 10.4 Å². The third-order valence-corrected chi connectivity index (χ3v) is 1.23. The second-order valence-corrected chi connectivity index (χ2v) is 2.50. The minimum atomic E-state index is -3.63. The number of nitrogens with two attached hydrogens (primary N) is 1. The SMILES string of the molecule is COP(=O)(O)NN. The Balaban J connectivity index is 3.61. The minimum absolute atomic E-state index is 1.08. The molecule has 0 heterocycles. The molecule has 0 bridgehead atoms. The van der Waals surface area contributed by atoms with E-state index in [-0.39, 0.29) is 0 Å². The first kappa shape index (κ1) is 7.07. The standard InChI is InChI=1S/CH7N2O3P/c1-6-7(4,5)3-2/h2H2,1H3,(H2,3,4,5). The fourth-order valence-corrected chi connectivity index (χ4v) is 0.158. The van der Waals surface area contributed by atoms with Crippen molar-refractivity contribution in [2.75, 3.05) is 7.11 Å². The summed E-state index contributed by atoms with van der Waals surface area (Å²) >= 11 is 0. The molecule has 0 saturated carbocycles. The van der Waals surface area contributed by atoms with Gasteiger partial charge in [-0.05, 0) is 0 Å². The zero-order chi connectivity index (χ0) is 5.91. The molecule has 6 heteroatoms.